The minimum Gasteiger partial charge on any atom is -0.298 e. The number of fused-ring (bicyclic) bond motifs is 1. The molecule has 17 heavy (non-hydrogen) atoms. The zero-order valence-corrected chi connectivity index (χ0v) is 11.4. The molecule has 0 unspecified atom stereocenters. The van der Waals surface area contributed by atoms with Gasteiger partial charge in [0.25, 0.3) is 0 Å². The van der Waals surface area contributed by atoms with Gasteiger partial charge in [0.1, 0.15) is 5.67 Å². The van der Waals surface area contributed by atoms with Crippen LogP contribution in [-0.2, 0) is 13.0 Å². The van der Waals surface area contributed by atoms with E-state index >= 15 is 0 Å². The number of alkyl halides is 1. The van der Waals surface area contributed by atoms with Crippen molar-refractivity contribution in [1.82, 2.24) is 4.90 Å². The van der Waals surface area contributed by atoms with Crippen LogP contribution in [0.3, 0.4) is 0 Å². The Morgan fingerprint density at radius 1 is 1.53 bits per heavy atom. The summed E-state index contributed by atoms with van der Waals surface area (Å²) in [5.74, 6) is 0.589. The average molecular weight is 253 g/mol. The molecule has 1 fully saturated rings. The van der Waals surface area contributed by atoms with Crippen LogP contribution in [0.15, 0.2) is 6.07 Å². The lowest BCUT2D eigenvalue weighted by molar-refractivity contribution is 0.00493. The molecule has 0 aromatic carbocycles. The van der Waals surface area contributed by atoms with Gasteiger partial charge in [-0.3, -0.25) is 4.90 Å². The SMILES string of the molecule is Cc1cc2c(s1)CCN(CC1CC(C)(F)C1)C2. The summed E-state index contributed by atoms with van der Waals surface area (Å²) >= 11 is 1.94. The molecule has 0 amide bonds. The van der Waals surface area contributed by atoms with Gasteiger partial charge in [0.2, 0.25) is 0 Å². The van der Waals surface area contributed by atoms with Crippen LogP contribution < -0.4 is 0 Å². The van der Waals surface area contributed by atoms with E-state index in [1.807, 2.05) is 11.3 Å². The number of halogens is 1. The molecule has 3 heteroatoms. The van der Waals surface area contributed by atoms with Crippen molar-refractivity contribution >= 4 is 11.3 Å². The monoisotopic (exact) mass is 253 g/mol. The highest BCUT2D eigenvalue weighted by atomic mass is 32.1. The van der Waals surface area contributed by atoms with Crippen LogP contribution in [0.4, 0.5) is 4.39 Å². The highest BCUT2D eigenvalue weighted by Gasteiger charge is 2.41. The average Bonchev–Trinajstić information content (AvgIpc) is 2.54. The van der Waals surface area contributed by atoms with Gasteiger partial charge in [0.05, 0.1) is 0 Å². The van der Waals surface area contributed by atoms with Crippen LogP contribution in [0.5, 0.6) is 0 Å². The van der Waals surface area contributed by atoms with Crippen LogP contribution >= 0.6 is 11.3 Å². The number of thiophene rings is 1. The molecule has 2 aliphatic rings. The predicted molar refractivity (Wildman–Crippen MR) is 70.3 cm³/mol. The van der Waals surface area contributed by atoms with Crippen molar-refractivity contribution in [1.29, 1.82) is 0 Å². The third-order valence-corrected chi connectivity index (χ3v) is 5.17. The zero-order chi connectivity index (χ0) is 12.0. The molecule has 0 radical (unpaired) electrons. The van der Waals surface area contributed by atoms with Crippen molar-refractivity contribution in [3.8, 4) is 0 Å². The van der Waals surface area contributed by atoms with Crippen LogP contribution in [0, 0.1) is 12.8 Å². The topological polar surface area (TPSA) is 3.24 Å². The molecule has 0 bridgehead atoms. The lowest BCUT2D eigenvalue weighted by Crippen LogP contribution is -2.44. The normalized spacial score (nSPS) is 33.2. The molecule has 3 rings (SSSR count). The molecule has 1 aliphatic heterocycles. The van der Waals surface area contributed by atoms with E-state index in [4.69, 9.17) is 0 Å². The van der Waals surface area contributed by atoms with E-state index in [1.54, 1.807) is 11.8 Å². The lowest BCUT2D eigenvalue weighted by atomic mass is 9.73. The molecule has 1 aromatic heterocycles. The Morgan fingerprint density at radius 3 is 3.00 bits per heavy atom. The smallest absolute Gasteiger partial charge is 0.108 e. The fraction of sp³-hybridized carbons (Fsp3) is 0.714. The van der Waals surface area contributed by atoms with Crippen molar-refractivity contribution in [2.24, 2.45) is 5.92 Å². The van der Waals surface area contributed by atoms with Gasteiger partial charge in [0, 0.05) is 29.4 Å². The molecule has 1 aliphatic carbocycles. The summed E-state index contributed by atoms with van der Waals surface area (Å²) < 4.78 is 13.4. The summed E-state index contributed by atoms with van der Waals surface area (Å²) in [7, 11) is 0. The number of rotatable bonds is 2. The summed E-state index contributed by atoms with van der Waals surface area (Å²) in [6.07, 6.45) is 2.71. The molecule has 0 spiro atoms. The third-order valence-electron chi connectivity index (χ3n) is 4.01. The molecule has 2 heterocycles. The summed E-state index contributed by atoms with van der Waals surface area (Å²) in [5, 5.41) is 0. The van der Waals surface area contributed by atoms with Gasteiger partial charge in [-0.05, 0) is 50.7 Å². The molecule has 1 aromatic rings. The Morgan fingerprint density at radius 2 is 2.29 bits per heavy atom. The first-order chi connectivity index (χ1) is 8.02. The van der Waals surface area contributed by atoms with Gasteiger partial charge in [0.15, 0.2) is 0 Å². The summed E-state index contributed by atoms with van der Waals surface area (Å²) in [5.41, 5.74) is 0.644. The first kappa shape index (κ1) is 11.7. The van der Waals surface area contributed by atoms with E-state index in [0.29, 0.717) is 5.92 Å². The summed E-state index contributed by atoms with van der Waals surface area (Å²) in [6, 6.07) is 2.33. The van der Waals surface area contributed by atoms with Gasteiger partial charge < -0.3 is 0 Å². The molecule has 1 nitrogen and oxygen atoms in total. The maximum atomic E-state index is 13.4. The quantitative estimate of drug-likeness (QED) is 0.779. The summed E-state index contributed by atoms with van der Waals surface area (Å²) in [6.45, 7) is 7.26. The number of hydrogen-bond acceptors (Lipinski definition) is 2. The first-order valence-electron chi connectivity index (χ1n) is 6.51. The van der Waals surface area contributed by atoms with E-state index < -0.39 is 5.67 Å². The third kappa shape index (κ3) is 2.41. The molecule has 94 valence electrons. The van der Waals surface area contributed by atoms with Crippen LogP contribution in [-0.4, -0.2) is 23.7 Å². The fourth-order valence-corrected chi connectivity index (χ4v) is 4.37. The number of nitrogens with zero attached hydrogens (tertiary/aromatic N) is 1. The van der Waals surface area contributed by atoms with E-state index in [2.05, 4.69) is 17.9 Å². The number of aryl methyl sites for hydroxylation is 1. The minimum atomic E-state index is -0.870. The lowest BCUT2D eigenvalue weighted by Gasteiger charge is -2.42. The van der Waals surface area contributed by atoms with Gasteiger partial charge in [-0.2, -0.15) is 0 Å². The highest BCUT2D eigenvalue weighted by Crippen LogP contribution is 2.41. The predicted octanol–water partition coefficient (Wildman–Crippen LogP) is 3.55. The first-order valence-corrected chi connectivity index (χ1v) is 7.33. The second-order valence-electron chi connectivity index (χ2n) is 5.98. The van der Waals surface area contributed by atoms with Crippen molar-refractivity contribution in [3.63, 3.8) is 0 Å². The second-order valence-corrected chi connectivity index (χ2v) is 7.32. The van der Waals surface area contributed by atoms with Crippen LogP contribution in [0.25, 0.3) is 0 Å². The molecular formula is C14H20FNS. The second kappa shape index (κ2) is 4.06. The zero-order valence-electron chi connectivity index (χ0n) is 10.6. The van der Waals surface area contributed by atoms with Crippen LogP contribution in [0.2, 0.25) is 0 Å². The molecule has 1 saturated carbocycles. The van der Waals surface area contributed by atoms with Gasteiger partial charge in [-0.15, -0.1) is 11.3 Å². The van der Waals surface area contributed by atoms with E-state index in [-0.39, 0.29) is 0 Å². The Bertz CT molecular complexity index is 416. The van der Waals surface area contributed by atoms with E-state index in [0.717, 1.165) is 32.5 Å². The highest BCUT2D eigenvalue weighted by molar-refractivity contribution is 7.12. The summed E-state index contributed by atoms with van der Waals surface area (Å²) in [4.78, 5) is 5.51. The van der Waals surface area contributed by atoms with Crippen molar-refractivity contribution in [2.75, 3.05) is 13.1 Å². The van der Waals surface area contributed by atoms with Crippen molar-refractivity contribution in [3.05, 3.63) is 21.4 Å². The van der Waals surface area contributed by atoms with Gasteiger partial charge >= 0.3 is 0 Å². The molecule has 0 atom stereocenters. The standard InChI is InChI=1S/C14H20FNS/c1-10-5-12-9-16(4-3-13(12)17-10)8-11-6-14(2,15)7-11/h5,11H,3-4,6-9H2,1-2H3. The molecular weight excluding hydrogens is 233 g/mol. The van der Waals surface area contributed by atoms with Crippen LogP contribution in [0.1, 0.15) is 35.1 Å². The largest absolute Gasteiger partial charge is 0.298 e. The Hall–Kier alpha value is -0.410. The Labute approximate surface area is 107 Å². The molecule has 0 N–H and O–H groups in total. The number of hydrogen-bond donors (Lipinski definition) is 0. The Balaban J connectivity index is 1.58. The Kier molecular flexibility index (Phi) is 2.79. The van der Waals surface area contributed by atoms with Crippen molar-refractivity contribution < 1.29 is 4.39 Å². The maximum absolute atomic E-state index is 13.4. The minimum absolute atomic E-state index is 0.589. The van der Waals surface area contributed by atoms with Crippen molar-refractivity contribution in [2.45, 2.75) is 45.3 Å². The van der Waals surface area contributed by atoms with Gasteiger partial charge in [-0.1, -0.05) is 0 Å². The fourth-order valence-electron chi connectivity index (χ4n) is 3.33. The van der Waals surface area contributed by atoms with E-state index in [9.17, 15) is 4.39 Å². The molecule has 0 saturated heterocycles. The van der Waals surface area contributed by atoms with Gasteiger partial charge in [-0.25, -0.2) is 4.39 Å². The van der Waals surface area contributed by atoms with E-state index in [1.165, 1.54) is 16.9 Å². The maximum Gasteiger partial charge on any atom is 0.108 e.